The molecule has 2 aromatic rings. The summed E-state index contributed by atoms with van der Waals surface area (Å²) in [6, 6.07) is 6.07. The van der Waals surface area contributed by atoms with Crippen LogP contribution in [0.25, 0.3) is 0 Å². The number of ether oxygens (including phenoxy) is 1. The normalized spacial score (nSPS) is 10.6. The molecule has 0 aliphatic heterocycles. The predicted molar refractivity (Wildman–Crippen MR) is 78.2 cm³/mol. The second-order valence-corrected chi connectivity index (χ2v) is 4.66. The third kappa shape index (κ3) is 4.03. The Labute approximate surface area is 122 Å². The lowest BCUT2D eigenvalue weighted by Gasteiger charge is -2.07. The van der Waals surface area contributed by atoms with Crippen molar-refractivity contribution in [2.24, 2.45) is 7.05 Å². The smallest absolute Gasteiger partial charge is 0.269 e. The van der Waals surface area contributed by atoms with Crippen LogP contribution in [0.1, 0.15) is 11.3 Å². The van der Waals surface area contributed by atoms with E-state index in [1.807, 2.05) is 24.9 Å². The third-order valence-corrected chi connectivity index (χ3v) is 3.25. The van der Waals surface area contributed by atoms with E-state index in [1.54, 1.807) is 12.1 Å². The molecule has 112 valence electrons. The molecule has 0 spiro atoms. The standard InChI is InChI=1S/C14H18N4O3/c1-11-12(10-16-17(11)2)9-15-7-8-21-14-5-3-13(4-6-14)18(19)20/h3-6,10,15H,7-9H2,1-2H3. The van der Waals surface area contributed by atoms with Crippen molar-refractivity contribution in [3.8, 4) is 5.75 Å². The van der Waals surface area contributed by atoms with E-state index < -0.39 is 4.92 Å². The minimum atomic E-state index is -0.429. The Balaban J connectivity index is 1.70. The van der Waals surface area contributed by atoms with Crippen molar-refractivity contribution in [3.05, 3.63) is 51.8 Å². The van der Waals surface area contributed by atoms with Gasteiger partial charge in [0.2, 0.25) is 0 Å². The van der Waals surface area contributed by atoms with Gasteiger partial charge in [0.25, 0.3) is 5.69 Å². The lowest BCUT2D eigenvalue weighted by atomic mass is 10.2. The molecule has 0 amide bonds. The topological polar surface area (TPSA) is 82.2 Å². The van der Waals surface area contributed by atoms with Crippen LogP contribution in [-0.4, -0.2) is 27.9 Å². The maximum Gasteiger partial charge on any atom is 0.269 e. The number of nitrogens with zero attached hydrogens (tertiary/aromatic N) is 3. The van der Waals surface area contributed by atoms with Crippen molar-refractivity contribution in [3.63, 3.8) is 0 Å². The van der Waals surface area contributed by atoms with Crippen molar-refractivity contribution in [2.45, 2.75) is 13.5 Å². The predicted octanol–water partition coefficient (Wildman–Crippen LogP) is 1.81. The highest BCUT2D eigenvalue weighted by atomic mass is 16.6. The highest BCUT2D eigenvalue weighted by Crippen LogP contribution is 2.16. The van der Waals surface area contributed by atoms with Crippen LogP contribution in [0.2, 0.25) is 0 Å². The van der Waals surface area contributed by atoms with E-state index in [2.05, 4.69) is 10.4 Å². The molecule has 1 aromatic heterocycles. The molecule has 0 aliphatic rings. The first-order chi connectivity index (χ1) is 10.1. The van der Waals surface area contributed by atoms with Crippen molar-refractivity contribution in [2.75, 3.05) is 13.2 Å². The average molecular weight is 290 g/mol. The van der Waals surface area contributed by atoms with Crippen LogP contribution in [0, 0.1) is 17.0 Å². The molecule has 2 rings (SSSR count). The van der Waals surface area contributed by atoms with E-state index in [1.165, 1.54) is 12.1 Å². The number of hydrogen-bond donors (Lipinski definition) is 1. The van der Waals surface area contributed by atoms with E-state index >= 15 is 0 Å². The van der Waals surface area contributed by atoms with Gasteiger partial charge in [0.05, 0.1) is 11.1 Å². The number of aryl methyl sites for hydroxylation is 1. The number of non-ortho nitro benzene ring substituents is 1. The van der Waals surface area contributed by atoms with Crippen LogP contribution in [0.15, 0.2) is 30.5 Å². The average Bonchev–Trinajstić information content (AvgIpc) is 2.79. The molecule has 0 saturated carbocycles. The lowest BCUT2D eigenvalue weighted by molar-refractivity contribution is -0.384. The van der Waals surface area contributed by atoms with Gasteiger partial charge in [0.15, 0.2) is 0 Å². The molecule has 1 N–H and O–H groups in total. The molecule has 1 aromatic carbocycles. The molecule has 0 aliphatic carbocycles. The zero-order valence-corrected chi connectivity index (χ0v) is 12.1. The van der Waals surface area contributed by atoms with Gasteiger partial charge in [-0.1, -0.05) is 0 Å². The Morgan fingerprint density at radius 3 is 2.67 bits per heavy atom. The number of rotatable bonds is 7. The van der Waals surface area contributed by atoms with Crippen LogP contribution in [0.5, 0.6) is 5.75 Å². The molecule has 0 atom stereocenters. The highest BCUT2D eigenvalue weighted by Gasteiger charge is 2.05. The Morgan fingerprint density at radius 2 is 2.10 bits per heavy atom. The van der Waals surface area contributed by atoms with Gasteiger partial charge in [-0.25, -0.2) is 0 Å². The molecule has 21 heavy (non-hydrogen) atoms. The number of nitro groups is 1. The van der Waals surface area contributed by atoms with Crippen LogP contribution in [-0.2, 0) is 13.6 Å². The summed E-state index contributed by atoms with van der Waals surface area (Å²) in [4.78, 5) is 10.1. The second-order valence-electron chi connectivity index (χ2n) is 4.66. The quantitative estimate of drug-likeness (QED) is 0.477. The Hall–Kier alpha value is -2.41. The zero-order chi connectivity index (χ0) is 15.2. The fraction of sp³-hybridized carbons (Fsp3) is 0.357. The van der Waals surface area contributed by atoms with Crippen LogP contribution < -0.4 is 10.1 Å². The van der Waals surface area contributed by atoms with Crippen molar-refractivity contribution in [1.29, 1.82) is 0 Å². The highest BCUT2D eigenvalue weighted by molar-refractivity contribution is 5.35. The number of benzene rings is 1. The van der Waals surface area contributed by atoms with Crippen molar-refractivity contribution < 1.29 is 9.66 Å². The minimum absolute atomic E-state index is 0.0625. The number of hydrogen-bond acceptors (Lipinski definition) is 5. The molecule has 0 fully saturated rings. The summed E-state index contributed by atoms with van der Waals surface area (Å²) in [5.41, 5.74) is 2.36. The van der Waals surface area contributed by atoms with Crippen LogP contribution in [0.4, 0.5) is 5.69 Å². The zero-order valence-electron chi connectivity index (χ0n) is 12.1. The van der Waals surface area contributed by atoms with E-state index in [0.717, 1.165) is 17.8 Å². The molecule has 0 saturated heterocycles. The van der Waals surface area contributed by atoms with Crippen LogP contribution in [0.3, 0.4) is 0 Å². The molecule has 1 heterocycles. The molecule has 7 nitrogen and oxygen atoms in total. The van der Waals surface area contributed by atoms with E-state index in [-0.39, 0.29) is 5.69 Å². The summed E-state index contributed by atoms with van der Waals surface area (Å²) in [5, 5.41) is 18.0. The number of nitro benzene ring substituents is 1. The van der Waals surface area contributed by atoms with Gasteiger partial charge in [-0.05, 0) is 19.1 Å². The molecule has 7 heteroatoms. The van der Waals surface area contributed by atoms with E-state index in [9.17, 15) is 10.1 Å². The van der Waals surface area contributed by atoms with E-state index in [4.69, 9.17) is 4.74 Å². The van der Waals surface area contributed by atoms with Gasteiger partial charge in [0, 0.05) is 43.5 Å². The maximum absolute atomic E-state index is 10.5. The van der Waals surface area contributed by atoms with Gasteiger partial charge in [-0.3, -0.25) is 14.8 Å². The summed E-state index contributed by atoms with van der Waals surface area (Å²) in [6.45, 7) is 3.95. The summed E-state index contributed by atoms with van der Waals surface area (Å²) in [5.74, 6) is 0.625. The second kappa shape index (κ2) is 6.85. The molecule has 0 bridgehead atoms. The molecule has 0 radical (unpaired) electrons. The summed E-state index contributed by atoms with van der Waals surface area (Å²) in [6.07, 6.45) is 1.85. The molecular weight excluding hydrogens is 272 g/mol. The fourth-order valence-electron chi connectivity index (χ4n) is 1.85. The van der Waals surface area contributed by atoms with Crippen LogP contribution >= 0.6 is 0 Å². The van der Waals surface area contributed by atoms with Gasteiger partial charge in [0.1, 0.15) is 12.4 Å². The third-order valence-electron chi connectivity index (χ3n) is 3.25. The molecular formula is C14H18N4O3. The number of nitrogens with one attached hydrogen (secondary N) is 1. The van der Waals surface area contributed by atoms with Gasteiger partial charge in [-0.15, -0.1) is 0 Å². The van der Waals surface area contributed by atoms with Crippen molar-refractivity contribution >= 4 is 5.69 Å². The Kier molecular flexibility index (Phi) is 4.89. The molecule has 0 unspecified atom stereocenters. The minimum Gasteiger partial charge on any atom is -0.492 e. The van der Waals surface area contributed by atoms with Gasteiger partial charge in [-0.2, -0.15) is 5.10 Å². The summed E-state index contributed by atoms with van der Waals surface area (Å²) in [7, 11) is 1.91. The first kappa shape index (κ1) is 15.0. The summed E-state index contributed by atoms with van der Waals surface area (Å²) < 4.78 is 7.35. The van der Waals surface area contributed by atoms with E-state index in [0.29, 0.717) is 18.9 Å². The first-order valence-electron chi connectivity index (χ1n) is 6.63. The monoisotopic (exact) mass is 290 g/mol. The lowest BCUT2D eigenvalue weighted by Crippen LogP contribution is -2.20. The van der Waals surface area contributed by atoms with Gasteiger partial charge >= 0.3 is 0 Å². The van der Waals surface area contributed by atoms with Gasteiger partial charge < -0.3 is 10.1 Å². The Bertz CT molecular complexity index is 607. The van der Waals surface area contributed by atoms with Crippen molar-refractivity contribution in [1.82, 2.24) is 15.1 Å². The number of aromatic nitrogens is 2. The largest absolute Gasteiger partial charge is 0.492 e. The SMILES string of the molecule is Cc1c(CNCCOc2ccc([N+](=O)[O-])cc2)cnn1C. The first-order valence-corrected chi connectivity index (χ1v) is 6.63. The summed E-state index contributed by atoms with van der Waals surface area (Å²) >= 11 is 0. The maximum atomic E-state index is 10.5. The fourth-order valence-corrected chi connectivity index (χ4v) is 1.85. The Morgan fingerprint density at radius 1 is 1.38 bits per heavy atom.